The molecule has 0 amide bonds. The van der Waals surface area contributed by atoms with Gasteiger partial charge in [0.15, 0.2) is 0 Å². The van der Waals surface area contributed by atoms with Crippen molar-refractivity contribution in [3.63, 3.8) is 0 Å². The maximum absolute atomic E-state index is 5.75. The van der Waals surface area contributed by atoms with Crippen LogP contribution in [0.4, 0.5) is 17.2 Å². The van der Waals surface area contributed by atoms with Crippen LogP contribution in [0, 0.1) is 0 Å². The second-order valence-electron chi connectivity index (χ2n) is 3.19. The summed E-state index contributed by atoms with van der Waals surface area (Å²) in [7, 11) is 0. The third-order valence-corrected chi connectivity index (χ3v) is 3.19. The smallest absolute Gasteiger partial charge is 0.147 e. The van der Waals surface area contributed by atoms with Crippen molar-refractivity contribution in [3.05, 3.63) is 45.5 Å². The van der Waals surface area contributed by atoms with Crippen molar-refractivity contribution in [1.29, 1.82) is 0 Å². The molecule has 0 unspecified atom stereocenters. The van der Waals surface area contributed by atoms with Gasteiger partial charge in [0.1, 0.15) is 5.82 Å². The van der Waals surface area contributed by atoms with Crippen LogP contribution in [0.5, 0.6) is 0 Å². The second-order valence-corrected chi connectivity index (χ2v) is 4.96. The van der Waals surface area contributed by atoms with Crippen molar-refractivity contribution in [2.45, 2.75) is 0 Å². The monoisotopic (exact) mass is 341 g/mol. The van der Waals surface area contributed by atoms with Crippen LogP contribution >= 0.6 is 31.9 Å². The molecule has 3 N–H and O–H groups in total. The SMILES string of the molecule is Nc1ncccc1Nc1ccc(Br)cc1Br. The normalized spacial score (nSPS) is 10.1. The Hall–Kier alpha value is -1.07. The Morgan fingerprint density at radius 2 is 1.94 bits per heavy atom. The molecule has 16 heavy (non-hydrogen) atoms. The zero-order valence-corrected chi connectivity index (χ0v) is 11.4. The van der Waals surface area contributed by atoms with Gasteiger partial charge in [0, 0.05) is 15.1 Å². The average molecular weight is 343 g/mol. The highest BCUT2D eigenvalue weighted by Crippen LogP contribution is 2.29. The molecule has 1 heterocycles. The van der Waals surface area contributed by atoms with Crippen LogP contribution in [0.25, 0.3) is 0 Å². The first-order chi connectivity index (χ1) is 7.66. The first-order valence-corrected chi connectivity index (χ1v) is 6.18. The zero-order chi connectivity index (χ0) is 11.5. The maximum Gasteiger partial charge on any atom is 0.147 e. The predicted octanol–water partition coefficient (Wildman–Crippen LogP) is 3.93. The minimum absolute atomic E-state index is 0.484. The number of aromatic nitrogens is 1. The lowest BCUT2D eigenvalue weighted by Gasteiger charge is -2.10. The van der Waals surface area contributed by atoms with Crippen molar-refractivity contribution in [2.75, 3.05) is 11.1 Å². The molecule has 3 nitrogen and oxygen atoms in total. The molecule has 2 aromatic rings. The molecule has 1 aromatic heterocycles. The molecule has 0 aliphatic heterocycles. The lowest BCUT2D eigenvalue weighted by atomic mass is 10.3. The molecule has 5 heteroatoms. The van der Waals surface area contributed by atoms with Crippen molar-refractivity contribution in [3.8, 4) is 0 Å². The Labute approximate surface area is 110 Å². The highest BCUT2D eigenvalue weighted by atomic mass is 79.9. The maximum atomic E-state index is 5.75. The van der Waals surface area contributed by atoms with Crippen LogP contribution in [0.1, 0.15) is 0 Å². The number of anilines is 3. The first kappa shape index (κ1) is 11.4. The van der Waals surface area contributed by atoms with Crippen molar-refractivity contribution in [1.82, 2.24) is 4.98 Å². The van der Waals surface area contributed by atoms with Gasteiger partial charge in [0.2, 0.25) is 0 Å². The first-order valence-electron chi connectivity index (χ1n) is 4.59. The number of pyridine rings is 1. The van der Waals surface area contributed by atoms with Gasteiger partial charge in [-0.3, -0.25) is 0 Å². The van der Waals surface area contributed by atoms with E-state index in [1.807, 2.05) is 30.3 Å². The van der Waals surface area contributed by atoms with Gasteiger partial charge in [-0.05, 0) is 46.3 Å². The zero-order valence-electron chi connectivity index (χ0n) is 8.24. The number of rotatable bonds is 2. The molecule has 1 aromatic carbocycles. The largest absolute Gasteiger partial charge is 0.382 e. The summed E-state index contributed by atoms with van der Waals surface area (Å²) in [6, 6.07) is 9.61. The van der Waals surface area contributed by atoms with E-state index < -0.39 is 0 Å². The van der Waals surface area contributed by atoms with Gasteiger partial charge in [0.05, 0.1) is 11.4 Å². The van der Waals surface area contributed by atoms with Crippen molar-refractivity contribution >= 4 is 49.1 Å². The van der Waals surface area contributed by atoms with Gasteiger partial charge in [-0.1, -0.05) is 15.9 Å². The third kappa shape index (κ3) is 2.54. The fraction of sp³-hybridized carbons (Fsp3) is 0. The number of halogens is 2. The van der Waals surface area contributed by atoms with E-state index in [0.717, 1.165) is 20.3 Å². The Bertz CT molecular complexity index is 514. The molecule has 0 bridgehead atoms. The second kappa shape index (κ2) is 4.84. The molecular weight excluding hydrogens is 334 g/mol. The van der Waals surface area contributed by atoms with Crippen LogP contribution in [0.15, 0.2) is 45.5 Å². The molecule has 0 saturated carbocycles. The van der Waals surface area contributed by atoms with Gasteiger partial charge in [0.25, 0.3) is 0 Å². The number of nitrogens with two attached hydrogens (primary N) is 1. The van der Waals surface area contributed by atoms with Crippen LogP contribution in [-0.4, -0.2) is 4.98 Å². The summed E-state index contributed by atoms with van der Waals surface area (Å²) < 4.78 is 1.98. The standard InChI is InChI=1S/C11H9Br2N3/c12-7-3-4-9(8(13)6-7)16-10-2-1-5-15-11(10)14/h1-6,16H,(H2,14,15). The van der Waals surface area contributed by atoms with Crippen molar-refractivity contribution < 1.29 is 0 Å². The highest BCUT2D eigenvalue weighted by Gasteiger charge is 2.03. The predicted molar refractivity (Wildman–Crippen MR) is 73.8 cm³/mol. The summed E-state index contributed by atoms with van der Waals surface area (Å²) in [6.45, 7) is 0. The van der Waals surface area contributed by atoms with E-state index >= 15 is 0 Å². The van der Waals surface area contributed by atoms with Gasteiger partial charge < -0.3 is 11.1 Å². The molecule has 82 valence electrons. The summed E-state index contributed by atoms with van der Waals surface area (Å²) in [5.74, 6) is 0.484. The minimum atomic E-state index is 0.484. The molecule has 0 radical (unpaired) electrons. The molecule has 0 saturated heterocycles. The molecule has 0 fully saturated rings. The Morgan fingerprint density at radius 1 is 1.12 bits per heavy atom. The number of benzene rings is 1. The molecular formula is C11H9Br2N3. The minimum Gasteiger partial charge on any atom is -0.382 e. The lowest BCUT2D eigenvalue weighted by Crippen LogP contribution is -1.98. The Kier molecular flexibility index (Phi) is 3.46. The van der Waals surface area contributed by atoms with Gasteiger partial charge in [-0.25, -0.2) is 4.98 Å². The fourth-order valence-corrected chi connectivity index (χ4v) is 2.41. The van der Waals surface area contributed by atoms with E-state index in [-0.39, 0.29) is 0 Å². The van der Waals surface area contributed by atoms with E-state index in [1.165, 1.54) is 0 Å². The van der Waals surface area contributed by atoms with Crippen LogP contribution < -0.4 is 11.1 Å². The van der Waals surface area contributed by atoms with Crippen LogP contribution in [0.3, 0.4) is 0 Å². The molecule has 0 spiro atoms. The summed E-state index contributed by atoms with van der Waals surface area (Å²) in [5, 5.41) is 3.21. The third-order valence-electron chi connectivity index (χ3n) is 2.04. The molecule has 2 rings (SSSR count). The fourth-order valence-electron chi connectivity index (χ4n) is 1.26. The number of hydrogen-bond acceptors (Lipinski definition) is 3. The number of nitrogens with one attached hydrogen (secondary N) is 1. The van der Waals surface area contributed by atoms with Crippen molar-refractivity contribution in [2.24, 2.45) is 0 Å². The molecule has 0 aliphatic rings. The molecule has 0 aliphatic carbocycles. The average Bonchev–Trinajstić information content (AvgIpc) is 2.25. The van der Waals surface area contributed by atoms with Crippen LogP contribution in [-0.2, 0) is 0 Å². The van der Waals surface area contributed by atoms with E-state index in [9.17, 15) is 0 Å². The summed E-state index contributed by atoms with van der Waals surface area (Å²) in [6.07, 6.45) is 1.66. The summed E-state index contributed by atoms with van der Waals surface area (Å²) in [5.41, 5.74) is 7.49. The molecule has 0 atom stereocenters. The number of hydrogen-bond donors (Lipinski definition) is 2. The van der Waals surface area contributed by atoms with Gasteiger partial charge in [-0.2, -0.15) is 0 Å². The lowest BCUT2D eigenvalue weighted by molar-refractivity contribution is 1.33. The van der Waals surface area contributed by atoms with E-state index in [2.05, 4.69) is 42.2 Å². The number of nitrogen functional groups attached to an aromatic ring is 1. The Balaban J connectivity index is 2.31. The van der Waals surface area contributed by atoms with E-state index in [1.54, 1.807) is 6.20 Å². The van der Waals surface area contributed by atoms with Crippen LogP contribution in [0.2, 0.25) is 0 Å². The highest BCUT2D eigenvalue weighted by molar-refractivity contribution is 9.11. The Morgan fingerprint density at radius 3 is 2.62 bits per heavy atom. The van der Waals surface area contributed by atoms with Gasteiger partial charge in [-0.15, -0.1) is 0 Å². The quantitative estimate of drug-likeness (QED) is 0.869. The number of nitrogens with zero attached hydrogens (tertiary/aromatic N) is 1. The summed E-state index contributed by atoms with van der Waals surface area (Å²) in [4.78, 5) is 4.01. The van der Waals surface area contributed by atoms with E-state index in [4.69, 9.17) is 5.73 Å². The summed E-state index contributed by atoms with van der Waals surface area (Å²) >= 11 is 6.88. The van der Waals surface area contributed by atoms with E-state index in [0.29, 0.717) is 5.82 Å². The van der Waals surface area contributed by atoms with Gasteiger partial charge >= 0.3 is 0 Å². The topological polar surface area (TPSA) is 50.9 Å².